The van der Waals surface area contributed by atoms with E-state index in [2.05, 4.69) is 25.5 Å². The van der Waals surface area contributed by atoms with Gasteiger partial charge in [-0.25, -0.2) is 14.2 Å². The van der Waals surface area contributed by atoms with Gasteiger partial charge in [0.25, 0.3) is 0 Å². The molecule has 0 aliphatic heterocycles. The summed E-state index contributed by atoms with van der Waals surface area (Å²) in [6.45, 7) is 0. The number of pyridine rings is 2. The van der Waals surface area contributed by atoms with E-state index in [0.29, 0.717) is 33.0 Å². The SMILES string of the molecule is O=C(O)c1cc2c(Nc3cnnc(-c4cc(Cl)ccc4F)c3)ccnc2cn1. The van der Waals surface area contributed by atoms with Crippen LogP contribution in [0.1, 0.15) is 10.5 Å². The number of fused-ring (bicyclic) bond motifs is 1. The Labute approximate surface area is 162 Å². The Hall–Kier alpha value is -3.65. The fourth-order valence-electron chi connectivity index (χ4n) is 2.69. The van der Waals surface area contributed by atoms with Crippen LogP contribution in [0.15, 0.2) is 55.0 Å². The van der Waals surface area contributed by atoms with Crippen LogP contribution in [0.4, 0.5) is 15.8 Å². The highest BCUT2D eigenvalue weighted by Gasteiger charge is 2.12. The quantitative estimate of drug-likeness (QED) is 0.530. The summed E-state index contributed by atoms with van der Waals surface area (Å²) in [5.41, 5.74) is 2.08. The second-order valence-electron chi connectivity index (χ2n) is 5.83. The fraction of sp³-hybridized carbons (Fsp3) is 0. The van der Waals surface area contributed by atoms with Gasteiger partial charge in [-0.15, -0.1) is 0 Å². The number of carboxylic acid groups (broad SMARTS) is 1. The number of hydrogen-bond donors (Lipinski definition) is 2. The van der Waals surface area contributed by atoms with Gasteiger partial charge >= 0.3 is 5.97 Å². The molecule has 4 aromatic rings. The minimum Gasteiger partial charge on any atom is -0.477 e. The molecular weight excluding hydrogens is 385 g/mol. The van der Waals surface area contributed by atoms with E-state index < -0.39 is 11.8 Å². The van der Waals surface area contributed by atoms with Crippen molar-refractivity contribution in [3.63, 3.8) is 0 Å². The Morgan fingerprint density at radius 2 is 1.96 bits per heavy atom. The van der Waals surface area contributed by atoms with Crippen molar-refractivity contribution in [2.24, 2.45) is 0 Å². The minimum atomic E-state index is -1.14. The number of benzene rings is 1. The molecule has 0 spiro atoms. The lowest BCUT2D eigenvalue weighted by atomic mass is 10.1. The van der Waals surface area contributed by atoms with Gasteiger partial charge < -0.3 is 10.4 Å². The fourth-order valence-corrected chi connectivity index (χ4v) is 2.86. The topological polar surface area (TPSA) is 101 Å². The molecule has 1 aromatic carbocycles. The van der Waals surface area contributed by atoms with Crippen molar-refractivity contribution in [2.45, 2.75) is 0 Å². The normalized spacial score (nSPS) is 10.8. The van der Waals surface area contributed by atoms with E-state index in [0.717, 1.165) is 0 Å². The molecule has 28 heavy (non-hydrogen) atoms. The van der Waals surface area contributed by atoms with E-state index in [1.807, 2.05) is 0 Å². The Morgan fingerprint density at radius 3 is 2.79 bits per heavy atom. The van der Waals surface area contributed by atoms with Gasteiger partial charge in [0.15, 0.2) is 0 Å². The second kappa shape index (κ2) is 7.16. The third-order valence-corrected chi connectivity index (χ3v) is 4.22. The highest BCUT2D eigenvalue weighted by Crippen LogP contribution is 2.29. The van der Waals surface area contributed by atoms with Crippen LogP contribution in [-0.2, 0) is 0 Å². The molecule has 0 fully saturated rings. The van der Waals surface area contributed by atoms with Gasteiger partial charge in [0.05, 0.1) is 29.3 Å². The van der Waals surface area contributed by atoms with Crippen LogP contribution in [0.3, 0.4) is 0 Å². The zero-order valence-electron chi connectivity index (χ0n) is 14.1. The van der Waals surface area contributed by atoms with Gasteiger partial charge in [-0.3, -0.25) is 4.98 Å². The van der Waals surface area contributed by atoms with Crippen molar-refractivity contribution in [3.8, 4) is 11.3 Å². The summed E-state index contributed by atoms with van der Waals surface area (Å²) in [6, 6.07) is 8.92. The summed E-state index contributed by atoms with van der Waals surface area (Å²) in [5.74, 6) is -1.61. The van der Waals surface area contributed by atoms with Crippen LogP contribution in [0, 0.1) is 5.82 Å². The van der Waals surface area contributed by atoms with Gasteiger partial charge in [-0.1, -0.05) is 11.6 Å². The van der Waals surface area contributed by atoms with Gasteiger partial charge in [0.2, 0.25) is 0 Å². The first-order valence-electron chi connectivity index (χ1n) is 8.04. The van der Waals surface area contributed by atoms with E-state index in [9.17, 15) is 9.18 Å². The minimum absolute atomic E-state index is 0.0990. The van der Waals surface area contributed by atoms with Crippen molar-refractivity contribution in [3.05, 3.63) is 71.5 Å². The lowest BCUT2D eigenvalue weighted by Gasteiger charge is -2.10. The first kappa shape index (κ1) is 17.7. The molecule has 4 rings (SSSR count). The maximum atomic E-state index is 14.1. The molecule has 9 heteroatoms. The third kappa shape index (κ3) is 3.45. The molecule has 7 nitrogen and oxygen atoms in total. The number of nitrogens with zero attached hydrogens (tertiary/aromatic N) is 4. The predicted molar refractivity (Wildman–Crippen MR) is 102 cm³/mol. The van der Waals surface area contributed by atoms with Gasteiger partial charge in [-0.05, 0) is 36.4 Å². The number of aromatic carboxylic acids is 1. The lowest BCUT2D eigenvalue weighted by Crippen LogP contribution is -2.01. The van der Waals surface area contributed by atoms with Crippen molar-refractivity contribution < 1.29 is 14.3 Å². The molecule has 3 aromatic heterocycles. The summed E-state index contributed by atoms with van der Waals surface area (Å²) in [6.07, 6.45) is 4.43. The zero-order valence-corrected chi connectivity index (χ0v) is 14.9. The zero-order chi connectivity index (χ0) is 19.7. The summed E-state index contributed by atoms with van der Waals surface area (Å²) >= 11 is 5.95. The second-order valence-corrected chi connectivity index (χ2v) is 6.27. The van der Waals surface area contributed by atoms with Crippen molar-refractivity contribution in [2.75, 3.05) is 5.32 Å². The van der Waals surface area contributed by atoms with Gasteiger partial charge in [0, 0.05) is 27.9 Å². The van der Waals surface area contributed by atoms with Gasteiger partial charge in [-0.2, -0.15) is 10.2 Å². The third-order valence-electron chi connectivity index (χ3n) is 3.98. The first-order valence-corrected chi connectivity index (χ1v) is 8.42. The number of halogens is 2. The summed E-state index contributed by atoms with van der Waals surface area (Å²) in [7, 11) is 0. The smallest absolute Gasteiger partial charge is 0.354 e. The predicted octanol–water partition coefficient (Wildman–Crippen LogP) is 4.32. The molecule has 0 bridgehead atoms. The molecule has 0 aliphatic rings. The number of rotatable bonds is 4. The van der Waals surface area contributed by atoms with Crippen LogP contribution < -0.4 is 5.32 Å². The average molecular weight is 396 g/mol. The summed E-state index contributed by atoms with van der Waals surface area (Å²) in [5, 5.41) is 21.1. The molecule has 0 unspecified atom stereocenters. The Morgan fingerprint density at radius 1 is 1.11 bits per heavy atom. The highest BCUT2D eigenvalue weighted by atomic mass is 35.5. The first-order chi connectivity index (χ1) is 13.5. The van der Waals surface area contributed by atoms with E-state index in [1.165, 1.54) is 36.7 Å². The Balaban J connectivity index is 1.75. The van der Waals surface area contributed by atoms with Crippen molar-refractivity contribution >= 4 is 39.8 Å². The molecular formula is C19H11ClFN5O2. The van der Waals surface area contributed by atoms with Crippen molar-refractivity contribution in [1.29, 1.82) is 0 Å². The van der Waals surface area contributed by atoms with Crippen LogP contribution in [0.2, 0.25) is 5.02 Å². The monoisotopic (exact) mass is 395 g/mol. The molecule has 0 amide bonds. The number of hydrogen-bond acceptors (Lipinski definition) is 6. The standard InChI is InChI=1S/C19H11ClFN5O2/c20-10-1-2-14(21)12(5-10)16-6-11(8-24-26-16)25-15-3-4-22-18-9-23-17(19(27)28)7-13(15)18/h1-9H,(H,27,28)(H,22,25,26). The van der Waals surface area contributed by atoms with Crippen LogP contribution >= 0.6 is 11.6 Å². The Bertz CT molecular complexity index is 1220. The summed E-state index contributed by atoms with van der Waals surface area (Å²) < 4.78 is 14.1. The lowest BCUT2D eigenvalue weighted by molar-refractivity contribution is 0.0690. The van der Waals surface area contributed by atoms with Crippen LogP contribution in [0.25, 0.3) is 22.2 Å². The van der Waals surface area contributed by atoms with E-state index in [4.69, 9.17) is 16.7 Å². The van der Waals surface area contributed by atoms with E-state index in [1.54, 1.807) is 18.3 Å². The molecule has 138 valence electrons. The van der Waals surface area contributed by atoms with Gasteiger partial charge in [0.1, 0.15) is 11.5 Å². The largest absolute Gasteiger partial charge is 0.477 e. The highest BCUT2D eigenvalue weighted by molar-refractivity contribution is 6.30. The van der Waals surface area contributed by atoms with E-state index in [-0.39, 0.29) is 11.3 Å². The van der Waals surface area contributed by atoms with Crippen LogP contribution in [-0.4, -0.2) is 31.2 Å². The molecule has 0 aliphatic carbocycles. The molecule has 0 saturated carbocycles. The van der Waals surface area contributed by atoms with Crippen LogP contribution in [0.5, 0.6) is 0 Å². The maximum Gasteiger partial charge on any atom is 0.354 e. The van der Waals surface area contributed by atoms with E-state index >= 15 is 0 Å². The molecule has 0 atom stereocenters. The molecule has 3 heterocycles. The number of anilines is 2. The molecule has 0 saturated heterocycles. The van der Waals surface area contributed by atoms with Crippen molar-refractivity contribution in [1.82, 2.24) is 20.2 Å². The number of aromatic nitrogens is 4. The average Bonchev–Trinajstić information content (AvgIpc) is 2.70. The molecule has 2 N–H and O–H groups in total. The number of carboxylic acids is 1. The molecule has 0 radical (unpaired) electrons. The number of nitrogens with one attached hydrogen (secondary N) is 1. The maximum absolute atomic E-state index is 14.1. The number of carbonyl (C=O) groups is 1. The Kier molecular flexibility index (Phi) is 4.54. The summed E-state index contributed by atoms with van der Waals surface area (Å²) in [4.78, 5) is 19.2.